The highest BCUT2D eigenvalue weighted by Crippen LogP contribution is 2.30. The van der Waals surface area contributed by atoms with Gasteiger partial charge in [-0.2, -0.15) is 0 Å². The fourth-order valence-corrected chi connectivity index (χ4v) is 4.47. The van der Waals surface area contributed by atoms with Gasteiger partial charge in [-0.25, -0.2) is 0 Å². The van der Waals surface area contributed by atoms with Crippen LogP contribution in [0.15, 0.2) is 0 Å². The Morgan fingerprint density at radius 3 is 2.27 bits per heavy atom. The molecule has 0 N–H and O–H groups in total. The van der Waals surface area contributed by atoms with E-state index in [-0.39, 0.29) is 23.6 Å². The van der Waals surface area contributed by atoms with E-state index >= 15 is 0 Å². The number of hydrogen-bond donors (Lipinski definition) is 0. The van der Waals surface area contributed by atoms with E-state index < -0.39 is 0 Å². The standard InChI is InChI=1S/C20H33N3O3/c1-15(2)7-8-18(24)21-9-11-22(12-10-21)20(26)16-13-19(25)23(14-16)17-5-3-4-6-17/h15-17H,3-14H2,1-2H3. The lowest BCUT2D eigenvalue weighted by Gasteiger charge is -2.36. The predicted octanol–water partition coefficient (Wildman–Crippen LogP) is 1.88. The zero-order chi connectivity index (χ0) is 18.7. The van der Waals surface area contributed by atoms with Gasteiger partial charge in [-0.05, 0) is 25.2 Å². The summed E-state index contributed by atoms with van der Waals surface area (Å²) in [5.74, 6) is 0.802. The maximum atomic E-state index is 12.8. The van der Waals surface area contributed by atoms with Crippen molar-refractivity contribution in [3.63, 3.8) is 0 Å². The normalized spacial score (nSPS) is 24.8. The molecule has 3 amide bonds. The summed E-state index contributed by atoms with van der Waals surface area (Å²) in [5, 5.41) is 0. The van der Waals surface area contributed by atoms with Gasteiger partial charge in [0.2, 0.25) is 17.7 Å². The van der Waals surface area contributed by atoms with E-state index in [1.807, 2.05) is 14.7 Å². The molecule has 1 saturated carbocycles. The molecule has 0 radical (unpaired) electrons. The minimum absolute atomic E-state index is 0.105. The lowest BCUT2D eigenvalue weighted by atomic mass is 10.1. The molecule has 6 heteroatoms. The Hall–Kier alpha value is -1.59. The van der Waals surface area contributed by atoms with Crippen molar-refractivity contribution in [2.75, 3.05) is 32.7 Å². The van der Waals surface area contributed by atoms with E-state index in [0.29, 0.717) is 57.5 Å². The fraction of sp³-hybridized carbons (Fsp3) is 0.850. The summed E-state index contributed by atoms with van der Waals surface area (Å²) in [6, 6.07) is 0.357. The number of nitrogens with zero attached hydrogens (tertiary/aromatic N) is 3. The van der Waals surface area contributed by atoms with Crippen molar-refractivity contribution in [1.29, 1.82) is 0 Å². The maximum absolute atomic E-state index is 12.8. The van der Waals surface area contributed by atoms with Gasteiger partial charge in [0.05, 0.1) is 5.92 Å². The molecule has 146 valence electrons. The molecule has 6 nitrogen and oxygen atoms in total. The zero-order valence-corrected chi connectivity index (χ0v) is 16.3. The van der Waals surface area contributed by atoms with Gasteiger partial charge in [-0.1, -0.05) is 26.7 Å². The van der Waals surface area contributed by atoms with E-state index in [1.54, 1.807) is 0 Å². The van der Waals surface area contributed by atoms with E-state index in [9.17, 15) is 14.4 Å². The van der Waals surface area contributed by atoms with Crippen molar-refractivity contribution in [2.45, 2.75) is 64.8 Å². The SMILES string of the molecule is CC(C)CCC(=O)N1CCN(C(=O)C2CC(=O)N(C3CCCC3)C2)CC1. The predicted molar refractivity (Wildman–Crippen MR) is 99.3 cm³/mol. The lowest BCUT2D eigenvalue weighted by Crippen LogP contribution is -2.52. The minimum Gasteiger partial charge on any atom is -0.339 e. The zero-order valence-electron chi connectivity index (χ0n) is 16.3. The van der Waals surface area contributed by atoms with Crippen LogP contribution in [0.25, 0.3) is 0 Å². The summed E-state index contributed by atoms with van der Waals surface area (Å²) in [4.78, 5) is 43.1. The third-order valence-electron chi connectivity index (χ3n) is 6.15. The lowest BCUT2D eigenvalue weighted by molar-refractivity contribution is -0.142. The van der Waals surface area contributed by atoms with E-state index in [4.69, 9.17) is 0 Å². The second kappa shape index (κ2) is 8.40. The molecule has 3 rings (SSSR count). The number of amides is 3. The summed E-state index contributed by atoms with van der Waals surface area (Å²) >= 11 is 0. The Morgan fingerprint density at radius 2 is 1.65 bits per heavy atom. The van der Waals surface area contributed by atoms with Crippen LogP contribution >= 0.6 is 0 Å². The maximum Gasteiger partial charge on any atom is 0.228 e. The molecule has 0 aromatic heterocycles. The van der Waals surface area contributed by atoms with Gasteiger partial charge in [0.1, 0.15) is 0 Å². The third kappa shape index (κ3) is 4.38. The molecule has 2 saturated heterocycles. The van der Waals surface area contributed by atoms with Gasteiger partial charge in [-0.15, -0.1) is 0 Å². The highest BCUT2D eigenvalue weighted by molar-refractivity contribution is 5.89. The largest absolute Gasteiger partial charge is 0.339 e. The van der Waals surface area contributed by atoms with Crippen LogP contribution in [-0.4, -0.2) is 71.2 Å². The quantitative estimate of drug-likeness (QED) is 0.749. The Morgan fingerprint density at radius 1 is 1.04 bits per heavy atom. The molecule has 3 aliphatic rings. The Balaban J connectivity index is 1.46. The van der Waals surface area contributed by atoms with Crippen LogP contribution in [0.3, 0.4) is 0 Å². The molecular weight excluding hydrogens is 330 g/mol. The Kier molecular flexibility index (Phi) is 6.20. The second-order valence-electron chi connectivity index (χ2n) is 8.52. The third-order valence-corrected chi connectivity index (χ3v) is 6.15. The first-order chi connectivity index (χ1) is 12.5. The molecule has 0 aromatic carbocycles. The molecule has 0 spiro atoms. The summed E-state index contributed by atoms with van der Waals surface area (Å²) < 4.78 is 0. The van der Waals surface area contributed by atoms with Crippen LogP contribution in [0.2, 0.25) is 0 Å². The first-order valence-corrected chi connectivity index (χ1v) is 10.3. The average molecular weight is 364 g/mol. The van der Waals surface area contributed by atoms with Gasteiger partial charge in [0, 0.05) is 51.6 Å². The molecule has 1 aliphatic carbocycles. The second-order valence-corrected chi connectivity index (χ2v) is 8.52. The summed E-state index contributed by atoms with van der Waals surface area (Å²) in [6.07, 6.45) is 6.44. The average Bonchev–Trinajstić information content (AvgIpc) is 3.28. The number of hydrogen-bond acceptors (Lipinski definition) is 3. The molecule has 1 unspecified atom stereocenters. The smallest absolute Gasteiger partial charge is 0.228 e. The van der Waals surface area contributed by atoms with Crippen LogP contribution in [0.1, 0.15) is 58.8 Å². The highest BCUT2D eigenvalue weighted by Gasteiger charge is 2.40. The van der Waals surface area contributed by atoms with Crippen molar-refractivity contribution < 1.29 is 14.4 Å². The molecule has 0 aromatic rings. The molecular formula is C20H33N3O3. The summed E-state index contributed by atoms with van der Waals surface area (Å²) in [6.45, 7) is 7.28. The van der Waals surface area contributed by atoms with Crippen molar-refractivity contribution in [1.82, 2.24) is 14.7 Å². The number of rotatable bonds is 5. The number of carbonyl (C=O) groups excluding carboxylic acids is 3. The monoisotopic (exact) mass is 363 g/mol. The van der Waals surface area contributed by atoms with Gasteiger partial charge >= 0.3 is 0 Å². The number of piperazine rings is 1. The van der Waals surface area contributed by atoms with Crippen LogP contribution in [0.5, 0.6) is 0 Å². The van der Waals surface area contributed by atoms with Gasteiger partial charge in [-0.3, -0.25) is 14.4 Å². The first-order valence-electron chi connectivity index (χ1n) is 10.3. The molecule has 2 aliphatic heterocycles. The van der Waals surface area contributed by atoms with Crippen molar-refractivity contribution >= 4 is 17.7 Å². The Bertz CT molecular complexity index is 534. The summed E-state index contributed by atoms with van der Waals surface area (Å²) in [7, 11) is 0. The molecule has 1 atom stereocenters. The van der Waals surface area contributed by atoms with Crippen molar-refractivity contribution in [2.24, 2.45) is 11.8 Å². The van der Waals surface area contributed by atoms with Crippen LogP contribution < -0.4 is 0 Å². The first kappa shape index (κ1) is 19.2. The molecule has 0 bridgehead atoms. The van der Waals surface area contributed by atoms with Gasteiger partial charge in [0.15, 0.2) is 0 Å². The topological polar surface area (TPSA) is 60.9 Å². The highest BCUT2D eigenvalue weighted by atomic mass is 16.2. The van der Waals surface area contributed by atoms with E-state index in [1.165, 1.54) is 12.8 Å². The summed E-state index contributed by atoms with van der Waals surface area (Å²) in [5.41, 5.74) is 0. The number of carbonyl (C=O) groups is 3. The number of likely N-dealkylation sites (tertiary alicyclic amines) is 1. The van der Waals surface area contributed by atoms with Crippen LogP contribution in [-0.2, 0) is 14.4 Å². The fourth-order valence-electron chi connectivity index (χ4n) is 4.47. The van der Waals surface area contributed by atoms with E-state index in [0.717, 1.165) is 19.3 Å². The van der Waals surface area contributed by atoms with Crippen LogP contribution in [0, 0.1) is 11.8 Å². The van der Waals surface area contributed by atoms with Gasteiger partial charge in [0.25, 0.3) is 0 Å². The van der Waals surface area contributed by atoms with Crippen LogP contribution in [0.4, 0.5) is 0 Å². The Labute approximate surface area is 156 Å². The van der Waals surface area contributed by atoms with E-state index in [2.05, 4.69) is 13.8 Å². The minimum atomic E-state index is -0.189. The van der Waals surface area contributed by atoms with Gasteiger partial charge < -0.3 is 14.7 Å². The molecule has 26 heavy (non-hydrogen) atoms. The molecule has 2 heterocycles. The molecule has 3 fully saturated rings. The van der Waals surface area contributed by atoms with Crippen molar-refractivity contribution in [3.05, 3.63) is 0 Å². The van der Waals surface area contributed by atoms with Crippen molar-refractivity contribution in [3.8, 4) is 0 Å².